The number of rotatable bonds is 4. The van der Waals surface area contributed by atoms with Crippen molar-refractivity contribution in [2.24, 2.45) is 5.92 Å². The van der Waals surface area contributed by atoms with Gasteiger partial charge in [-0.25, -0.2) is 13.4 Å². The van der Waals surface area contributed by atoms with Crippen LogP contribution in [0.15, 0.2) is 47.8 Å². The van der Waals surface area contributed by atoms with E-state index in [9.17, 15) is 13.2 Å². The SMILES string of the molecule is O=C(C1CN(S(=O)(=O)c2cccnc2Cl)C1)N1CCN(c2ccncc2)CC1. The number of sulfonamides is 1. The first-order chi connectivity index (χ1) is 13.5. The third-order valence-corrected chi connectivity index (χ3v) is 7.44. The zero-order chi connectivity index (χ0) is 19.7. The lowest BCUT2D eigenvalue weighted by Gasteiger charge is -2.42. The molecular formula is C18H20ClN5O3S. The Bertz CT molecular complexity index is 958. The largest absolute Gasteiger partial charge is 0.368 e. The minimum Gasteiger partial charge on any atom is -0.368 e. The maximum Gasteiger partial charge on any atom is 0.246 e. The van der Waals surface area contributed by atoms with E-state index < -0.39 is 10.0 Å². The van der Waals surface area contributed by atoms with Crippen molar-refractivity contribution in [3.05, 3.63) is 48.0 Å². The average Bonchev–Trinajstić information content (AvgIpc) is 2.67. The second-order valence-corrected chi connectivity index (χ2v) is 9.09. The second kappa shape index (κ2) is 7.65. The van der Waals surface area contributed by atoms with Crippen LogP contribution in [0.3, 0.4) is 0 Å². The fourth-order valence-electron chi connectivity index (χ4n) is 3.49. The number of hydrogen-bond acceptors (Lipinski definition) is 6. The summed E-state index contributed by atoms with van der Waals surface area (Å²) in [6.45, 7) is 3.09. The highest BCUT2D eigenvalue weighted by Crippen LogP contribution is 2.29. The van der Waals surface area contributed by atoms with Crippen molar-refractivity contribution >= 4 is 33.2 Å². The molecule has 4 rings (SSSR count). The Morgan fingerprint density at radius 1 is 1.04 bits per heavy atom. The van der Waals surface area contributed by atoms with Crippen molar-refractivity contribution in [3.8, 4) is 0 Å². The third kappa shape index (κ3) is 3.57. The number of halogens is 1. The minimum absolute atomic E-state index is 0.0121. The van der Waals surface area contributed by atoms with Crippen LogP contribution in [0, 0.1) is 5.92 Å². The fourth-order valence-corrected chi connectivity index (χ4v) is 5.45. The van der Waals surface area contributed by atoms with E-state index in [-0.39, 0.29) is 35.0 Å². The summed E-state index contributed by atoms with van der Waals surface area (Å²) >= 11 is 5.92. The summed E-state index contributed by atoms with van der Waals surface area (Å²) in [5.74, 6) is -0.296. The summed E-state index contributed by atoms with van der Waals surface area (Å²) in [4.78, 5) is 24.6. The predicted molar refractivity (Wildman–Crippen MR) is 105 cm³/mol. The zero-order valence-corrected chi connectivity index (χ0v) is 16.7. The molecule has 2 aromatic rings. The maximum atomic E-state index is 12.7. The van der Waals surface area contributed by atoms with Gasteiger partial charge in [0.25, 0.3) is 0 Å². The molecule has 148 valence electrons. The number of amides is 1. The number of anilines is 1. The summed E-state index contributed by atoms with van der Waals surface area (Å²) in [6.07, 6.45) is 4.95. The standard InChI is InChI=1S/C18H20ClN5O3S/c19-17-16(2-1-5-21-17)28(26,27)24-12-14(13-24)18(25)23-10-8-22(9-11-23)15-3-6-20-7-4-15/h1-7,14H,8-13H2. The van der Waals surface area contributed by atoms with Crippen LogP contribution in [0.1, 0.15) is 0 Å². The van der Waals surface area contributed by atoms with Gasteiger partial charge in [0.1, 0.15) is 10.0 Å². The Morgan fingerprint density at radius 2 is 1.71 bits per heavy atom. The van der Waals surface area contributed by atoms with Crippen molar-refractivity contribution in [2.45, 2.75) is 4.90 Å². The van der Waals surface area contributed by atoms with Crippen molar-refractivity contribution in [2.75, 3.05) is 44.2 Å². The Hall–Kier alpha value is -2.23. The lowest BCUT2D eigenvalue weighted by atomic mass is 10.0. The van der Waals surface area contributed by atoms with Crippen molar-refractivity contribution in [1.29, 1.82) is 0 Å². The number of carbonyl (C=O) groups is 1. The van der Waals surface area contributed by atoms with E-state index >= 15 is 0 Å². The highest BCUT2D eigenvalue weighted by Gasteiger charge is 2.43. The fraction of sp³-hybridized carbons (Fsp3) is 0.389. The lowest BCUT2D eigenvalue weighted by molar-refractivity contribution is -0.139. The molecule has 0 bridgehead atoms. The Kier molecular flexibility index (Phi) is 5.22. The van der Waals surface area contributed by atoms with Gasteiger partial charge in [0, 0.05) is 63.5 Å². The van der Waals surface area contributed by atoms with Crippen LogP contribution in [-0.4, -0.2) is 72.8 Å². The van der Waals surface area contributed by atoms with E-state index in [0.29, 0.717) is 13.1 Å². The Morgan fingerprint density at radius 3 is 2.36 bits per heavy atom. The van der Waals surface area contributed by atoms with Crippen LogP contribution in [0.4, 0.5) is 5.69 Å². The van der Waals surface area contributed by atoms with Gasteiger partial charge in [0.15, 0.2) is 0 Å². The number of hydrogen-bond donors (Lipinski definition) is 0. The molecule has 28 heavy (non-hydrogen) atoms. The molecule has 2 aliphatic rings. The second-order valence-electron chi connectivity index (χ2n) is 6.83. The smallest absolute Gasteiger partial charge is 0.246 e. The number of piperazine rings is 1. The van der Waals surface area contributed by atoms with E-state index in [1.165, 1.54) is 22.6 Å². The van der Waals surface area contributed by atoms with E-state index in [2.05, 4.69) is 14.9 Å². The van der Waals surface area contributed by atoms with E-state index in [1.807, 2.05) is 17.0 Å². The van der Waals surface area contributed by atoms with Crippen LogP contribution in [0.2, 0.25) is 5.15 Å². The average molecular weight is 422 g/mol. The molecule has 2 aliphatic heterocycles. The Balaban J connectivity index is 1.33. The molecule has 0 unspecified atom stereocenters. The molecule has 0 spiro atoms. The molecule has 0 radical (unpaired) electrons. The summed E-state index contributed by atoms with van der Waals surface area (Å²) in [7, 11) is -3.72. The van der Waals surface area contributed by atoms with Crippen molar-refractivity contribution in [3.63, 3.8) is 0 Å². The molecule has 0 atom stereocenters. The van der Waals surface area contributed by atoms with Crippen LogP contribution in [0.5, 0.6) is 0 Å². The van der Waals surface area contributed by atoms with Gasteiger partial charge in [-0.2, -0.15) is 4.31 Å². The van der Waals surface area contributed by atoms with Gasteiger partial charge in [-0.3, -0.25) is 9.78 Å². The van der Waals surface area contributed by atoms with Crippen LogP contribution in [0.25, 0.3) is 0 Å². The summed E-state index contributed by atoms with van der Waals surface area (Å²) < 4.78 is 26.6. The molecule has 0 saturated carbocycles. The highest BCUT2D eigenvalue weighted by molar-refractivity contribution is 7.89. The zero-order valence-electron chi connectivity index (χ0n) is 15.1. The van der Waals surface area contributed by atoms with E-state index in [4.69, 9.17) is 11.6 Å². The molecule has 0 aromatic carbocycles. The van der Waals surface area contributed by atoms with Gasteiger partial charge >= 0.3 is 0 Å². The summed E-state index contributed by atoms with van der Waals surface area (Å²) in [5, 5.41) is -0.0514. The lowest BCUT2D eigenvalue weighted by Crippen LogP contribution is -2.59. The summed E-state index contributed by atoms with van der Waals surface area (Å²) in [6, 6.07) is 6.87. The van der Waals surface area contributed by atoms with Gasteiger partial charge in [0.05, 0.1) is 5.92 Å². The molecule has 4 heterocycles. The molecule has 2 aromatic heterocycles. The maximum absolute atomic E-state index is 12.7. The molecular weight excluding hydrogens is 402 g/mol. The topological polar surface area (TPSA) is 86.7 Å². The Labute approximate surface area is 168 Å². The van der Waals surface area contributed by atoms with Crippen molar-refractivity contribution in [1.82, 2.24) is 19.2 Å². The van der Waals surface area contributed by atoms with Crippen LogP contribution >= 0.6 is 11.6 Å². The third-order valence-electron chi connectivity index (χ3n) is 5.16. The minimum atomic E-state index is -3.72. The quantitative estimate of drug-likeness (QED) is 0.687. The molecule has 2 fully saturated rings. The molecule has 0 N–H and O–H groups in total. The van der Waals surface area contributed by atoms with Gasteiger partial charge < -0.3 is 9.80 Å². The van der Waals surface area contributed by atoms with Gasteiger partial charge in [-0.1, -0.05) is 11.6 Å². The molecule has 0 aliphatic carbocycles. The van der Waals surface area contributed by atoms with E-state index in [1.54, 1.807) is 12.4 Å². The van der Waals surface area contributed by atoms with Crippen LogP contribution < -0.4 is 4.90 Å². The molecule has 2 saturated heterocycles. The first kappa shape index (κ1) is 19.1. The molecule has 8 nitrogen and oxygen atoms in total. The molecule has 1 amide bonds. The first-order valence-corrected chi connectivity index (χ1v) is 10.8. The molecule has 10 heteroatoms. The van der Waals surface area contributed by atoms with Crippen molar-refractivity contribution < 1.29 is 13.2 Å². The first-order valence-electron chi connectivity index (χ1n) is 9.01. The monoisotopic (exact) mass is 421 g/mol. The predicted octanol–water partition coefficient (Wildman–Crippen LogP) is 1.10. The number of aromatic nitrogens is 2. The highest BCUT2D eigenvalue weighted by atomic mass is 35.5. The normalized spacial score (nSPS) is 18.8. The van der Waals surface area contributed by atoms with Gasteiger partial charge in [-0.15, -0.1) is 0 Å². The number of nitrogens with zero attached hydrogens (tertiary/aromatic N) is 5. The van der Waals surface area contributed by atoms with E-state index in [0.717, 1.165) is 18.8 Å². The summed E-state index contributed by atoms with van der Waals surface area (Å²) in [5.41, 5.74) is 1.09. The number of carbonyl (C=O) groups excluding carboxylic acids is 1. The van der Waals surface area contributed by atoms with Gasteiger partial charge in [0.2, 0.25) is 15.9 Å². The van der Waals surface area contributed by atoms with Crippen LogP contribution in [-0.2, 0) is 14.8 Å². The number of pyridine rings is 2. The van der Waals surface area contributed by atoms with Gasteiger partial charge in [-0.05, 0) is 24.3 Å².